The van der Waals surface area contributed by atoms with E-state index in [2.05, 4.69) is 5.43 Å². The molecule has 3 N–H and O–H groups in total. The highest BCUT2D eigenvalue weighted by Crippen LogP contribution is 2.49. The fourth-order valence-electron chi connectivity index (χ4n) is 4.06. The van der Waals surface area contributed by atoms with Gasteiger partial charge in [0.1, 0.15) is 5.82 Å². The number of hydrazine groups is 1. The van der Waals surface area contributed by atoms with E-state index in [9.17, 15) is 4.39 Å². The molecule has 4 heteroatoms. The average molecular weight is 283 g/mol. The first-order chi connectivity index (χ1) is 9.19. The van der Waals surface area contributed by atoms with Crippen LogP contribution in [0.2, 0.25) is 5.02 Å². The molecule has 4 atom stereocenters. The van der Waals surface area contributed by atoms with E-state index in [1.807, 2.05) is 0 Å². The molecule has 0 saturated heterocycles. The van der Waals surface area contributed by atoms with Crippen LogP contribution in [-0.2, 0) is 6.42 Å². The second-order valence-electron chi connectivity index (χ2n) is 6.03. The fraction of sp³-hybridized carbons (Fsp3) is 0.600. The molecule has 4 unspecified atom stereocenters. The van der Waals surface area contributed by atoms with Gasteiger partial charge in [-0.05, 0) is 55.1 Å². The molecule has 2 aliphatic rings. The number of rotatable bonds is 4. The summed E-state index contributed by atoms with van der Waals surface area (Å²) < 4.78 is 14.0. The molecule has 2 bridgehead atoms. The van der Waals surface area contributed by atoms with Gasteiger partial charge >= 0.3 is 0 Å². The van der Waals surface area contributed by atoms with Gasteiger partial charge in [-0.2, -0.15) is 0 Å². The van der Waals surface area contributed by atoms with Gasteiger partial charge in [-0.15, -0.1) is 0 Å². The van der Waals surface area contributed by atoms with Crippen LogP contribution in [0.25, 0.3) is 0 Å². The summed E-state index contributed by atoms with van der Waals surface area (Å²) in [4.78, 5) is 0. The molecule has 0 heterocycles. The van der Waals surface area contributed by atoms with Gasteiger partial charge in [-0.25, -0.2) is 4.39 Å². The number of hydrogen-bond acceptors (Lipinski definition) is 2. The van der Waals surface area contributed by atoms with Crippen molar-refractivity contribution in [3.63, 3.8) is 0 Å². The SMILES string of the molecule is NNC(Cc1cccc(Cl)c1F)C1CC2CCC1C2. The highest BCUT2D eigenvalue weighted by atomic mass is 35.5. The first kappa shape index (κ1) is 13.3. The Labute approximate surface area is 118 Å². The molecule has 1 aromatic rings. The van der Waals surface area contributed by atoms with E-state index >= 15 is 0 Å². The van der Waals surface area contributed by atoms with E-state index in [4.69, 9.17) is 17.4 Å². The van der Waals surface area contributed by atoms with E-state index in [1.165, 1.54) is 25.7 Å². The second kappa shape index (κ2) is 5.39. The van der Waals surface area contributed by atoms with Gasteiger partial charge in [0.15, 0.2) is 0 Å². The third-order valence-electron chi connectivity index (χ3n) is 5.00. The summed E-state index contributed by atoms with van der Waals surface area (Å²) >= 11 is 5.84. The van der Waals surface area contributed by atoms with Crippen molar-refractivity contribution in [1.82, 2.24) is 5.43 Å². The summed E-state index contributed by atoms with van der Waals surface area (Å²) in [6.07, 6.45) is 5.87. The van der Waals surface area contributed by atoms with Crippen molar-refractivity contribution in [2.24, 2.45) is 23.6 Å². The Morgan fingerprint density at radius 1 is 1.37 bits per heavy atom. The van der Waals surface area contributed by atoms with Crippen LogP contribution < -0.4 is 11.3 Å². The lowest BCUT2D eigenvalue weighted by Crippen LogP contribution is -2.44. The third-order valence-corrected chi connectivity index (χ3v) is 5.29. The largest absolute Gasteiger partial charge is 0.271 e. The van der Waals surface area contributed by atoms with E-state index in [0.717, 1.165) is 11.8 Å². The highest BCUT2D eigenvalue weighted by Gasteiger charge is 2.42. The standard InChI is InChI=1S/C15H20ClFN2/c16-13-3-1-2-11(15(13)17)8-14(19-18)12-7-9-4-5-10(12)6-9/h1-3,9-10,12,14,19H,4-8,18H2. The molecule has 104 valence electrons. The predicted octanol–water partition coefficient (Wildman–Crippen LogP) is 3.29. The monoisotopic (exact) mass is 282 g/mol. The van der Waals surface area contributed by atoms with Crippen molar-refractivity contribution in [2.45, 2.75) is 38.1 Å². The van der Waals surface area contributed by atoms with E-state index in [1.54, 1.807) is 18.2 Å². The first-order valence-electron chi connectivity index (χ1n) is 7.08. The molecule has 1 aromatic carbocycles. The van der Waals surface area contributed by atoms with Crippen LogP contribution >= 0.6 is 11.6 Å². The maximum Gasteiger partial charge on any atom is 0.145 e. The number of nitrogens with two attached hydrogens (primary N) is 1. The van der Waals surface area contributed by atoms with Gasteiger partial charge < -0.3 is 0 Å². The van der Waals surface area contributed by atoms with Gasteiger partial charge in [-0.1, -0.05) is 30.2 Å². The molecule has 2 nitrogen and oxygen atoms in total. The van der Waals surface area contributed by atoms with Crippen LogP contribution in [-0.4, -0.2) is 6.04 Å². The van der Waals surface area contributed by atoms with Crippen LogP contribution in [0.3, 0.4) is 0 Å². The summed E-state index contributed by atoms with van der Waals surface area (Å²) in [5.74, 6) is 7.64. The van der Waals surface area contributed by atoms with E-state index < -0.39 is 0 Å². The normalized spacial score (nSPS) is 30.8. The summed E-state index contributed by atoms with van der Waals surface area (Å²) in [6, 6.07) is 5.35. The summed E-state index contributed by atoms with van der Waals surface area (Å²) in [5, 5.41) is 0.196. The van der Waals surface area contributed by atoms with Gasteiger partial charge in [0, 0.05) is 6.04 Å². The van der Waals surface area contributed by atoms with Crippen molar-refractivity contribution in [3.8, 4) is 0 Å². The zero-order chi connectivity index (χ0) is 13.4. The van der Waals surface area contributed by atoms with Crippen LogP contribution in [0.15, 0.2) is 18.2 Å². The maximum absolute atomic E-state index is 14.0. The van der Waals surface area contributed by atoms with Crippen molar-refractivity contribution in [3.05, 3.63) is 34.6 Å². The average Bonchev–Trinajstić information content (AvgIpc) is 3.03. The summed E-state index contributed by atoms with van der Waals surface area (Å²) in [6.45, 7) is 0. The van der Waals surface area contributed by atoms with Crippen molar-refractivity contribution in [1.29, 1.82) is 0 Å². The minimum Gasteiger partial charge on any atom is -0.271 e. The maximum atomic E-state index is 14.0. The van der Waals surface area contributed by atoms with Crippen molar-refractivity contribution in [2.75, 3.05) is 0 Å². The Bertz CT molecular complexity index is 465. The van der Waals surface area contributed by atoms with Crippen LogP contribution in [0.1, 0.15) is 31.2 Å². The Kier molecular flexibility index (Phi) is 3.79. The topological polar surface area (TPSA) is 38.0 Å². The second-order valence-corrected chi connectivity index (χ2v) is 6.44. The van der Waals surface area contributed by atoms with Crippen LogP contribution in [0.4, 0.5) is 4.39 Å². The van der Waals surface area contributed by atoms with Crippen LogP contribution in [0.5, 0.6) is 0 Å². The van der Waals surface area contributed by atoms with E-state index in [0.29, 0.717) is 17.9 Å². The van der Waals surface area contributed by atoms with Crippen molar-refractivity contribution >= 4 is 11.6 Å². The Morgan fingerprint density at radius 2 is 2.21 bits per heavy atom. The van der Waals surface area contributed by atoms with Crippen LogP contribution in [0, 0.1) is 23.6 Å². The quantitative estimate of drug-likeness (QED) is 0.657. The van der Waals surface area contributed by atoms with Gasteiger partial charge in [0.2, 0.25) is 0 Å². The molecule has 2 saturated carbocycles. The Balaban J connectivity index is 1.75. The smallest absolute Gasteiger partial charge is 0.145 e. The molecule has 0 spiro atoms. The van der Waals surface area contributed by atoms with Gasteiger partial charge in [-0.3, -0.25) is 11.3 Å². The first-order valence-corrected chi connectivity index (χ1v) is 7.46. The molecule has 2 aliphatic carbocycles. The number of fused-ring (bicyclic) bond motifs is 2. The molecule has 0 amide bonds. The van der Waals surface area contributed by atoms with Crippen molar-refractivity contribution < 1.29 is 4.39 Å². The lowest BCUT2D eigenvalue weighted by Gasteiger charge is -2.30. The van der Waals surface area contributed by atoms with E-state index in [-0.39, 0.29) is 16.9 Å². The fourth-order valence-corrected chi connectivity index (χ4v) is 4.26. The lowest BCUT2D eigenvalue weighted by atomic mass is 9.81. The number of halogens is 2. The minimum atomic E-state index is -0.299. The predicted molar refractivity (Wildman–Crippen MR) is 75.2 cm³/mol. The summed E-state index contributed by atoms with van der Waals surface area (Å²) in [5.41, 5.74) is 3.58. The highest BCUT2D eigenvalue weighted by molar-refractivity contribution is 6.30. The molecule has 0 radical (unpaired) electrons. The molecular weight excluding hydrogens is 263 g/mol. The Hall–Kier alpha value is -0.640. The molecule has 0 aliphatic heterocycles. The molecule has 0 aromatic heterocycles. The number of benzene rings is 1. The Morgan fingerprint density at radius 3 is 2.84 bits per heavy atom. The molecule has 19 heavy (non-hydrogen) atoms. The molecule has 3 rings (SSSR count). The summed E-state index contributed by atoms with van der Waals surface area (Å²) in [7, 11) is 0. The zero-order valence-corrected chi connectivity index (χ0v) is 11.7. The number of nitrogens with one attached hydrogen (secondary N) is 1. The number of hydrogen-bond donors (Lipinski definition) is 2. The minimum absolute atomic E-state index is 0.156. The third kappa shape index (κ3) is 2.51. The van der Waals surface area contributed by atoms with Gasteiger partial charge in [0.25, 0.3) is 0 Å². The molecular formula is C15H20ClFN2. The zero-order valence-electron chi connectivity index (χ0n) is 10.9. The molecule has 2 fully saturated rings. The lowest BCUT2D eigenvalue weighted by molar-refractivity contribution is 0.247. The van der Waals surface area contributed by atoms with Gasteiger partial charge in [0.05, 0.1) is 5.02 Å².